The summed E-state index contributed by atoms with van der Waals surface area (Å²) in [6, 6.07) is 2.41. The fraction of sp³-hybridized carbons (Fsp3) is 0.632. The summed E-state index contributed by atoms with van der Waals surface area (Å²) in [7, 11) is 2.20. The molecule has 0 unspecified atom stereocenters. The maximum Gasteiger partial charge on any atom is 0.230 e. The summed E-state index contributed by atoms with van der Waals surface area (Å²) < 4.78 is 0. The Labute approximate surface area is 155 Å². The topological polar surface area (TPSA) is 81.8 Å². The first kappa shape index (κ1) is 17.3. The second-order valence-electron chi connectivity index (χ2n) is 7.65. The van der Waals surface area contributed by atoms with Crippen LogP contribution < -0.4 is 10.6 Å². The third-order valence-corrected chi connectivity index (χ3v) is 5.67. The molecule has 7 nitrogen and oxygen atoms in total. The lowest BCUT2D eigenvalue weighted by Crippen LogP contribution is -2.30. The van der Waals surface area contributed by atoms with Gasteiger partial charge in [-0.1, -0.05) is 19.3 Å². The van der Waals surface area contributed by atoms with Crippen LogP contribution in [0.1, 0.15) is 56.4 Å². The van der Waals surface area contributed by atoms with Gasteiger partial charge in [0.15, 0.2) is 0 Å². The van der Waals surface area contributed by atoms with E-state index in [-0.39, 0.29) is 0 Å². The lowest BCUT2D eigenvalue weighted by molar-refractivity contribution is 0.255. The zero-order chi connectivity index (χ0) is 17.8. The van der Waals surface area contributed by atoms with E-state index in [2.05, 4.69) is 37.8 Å². The molecule has 2 fully saturated rings. The summed E-state index contributed by atoms with van der Waals surface area (Å²) in [4.78, 5) is 11.8. The van der Waals surface area contributed by atoms with E-state index in [1.807, 2.05) is 12.3 Å². The Morgan fingerprint density at radius 2 is 1.92 bits per heavy atom. The van der Waals surface area contributed by atoms with Crippen LogP contribution in [0.5, 0.6) is 0 Å². The van der Waals surface area contributed by atoms with E-state index in [1.165, 1.54) is 50.5 Å². The Hall–Kier alpha value is -2.15. The Morgan fingerprint density at radius 1 is 1.12 bits per heavy atom. The van der Waals surface area contributed by atoms with Crippen molar-refractivity contribution >= 4 is 17.6 Å². The molecule has 1 aliphatic heterocycles. The molecular formula is C19H29N7. The second-order valence-corrected chi connectivity index (χ2v) is 7.65. The number of rotatable bonds is 5. The van der Waals surface area contributed by atoms with E-state index in [1.54, 1.807) is 6.20 Å². The summed E-state index contributed by atoms with van der Waals surface area (Å²) in [6.45, 7) is 2.28. The first-order chi connectivity index (χ1) is 12.8. The number of hydrogen-bond acceptors (Lipinski definition) is 6. The molecule has 1 aliphatic carbocycles. The van der Waals surface area contributed by atoms with Crippen molar-refractivity contribution in [3.63, 3.8) is 0 Å². The minimum atomic E-state index is 0.531. The van der Waals surface area contributed by atoms with Gasteiger partial charge in [0.1, 0.15) is 11.6 Å². The summed E-state index contributed by atoms with van der Waals surface area (Å²) in [5, 5.41) is 13.8. The molecule has 2 aliphatic rings. The average molecular weight is 355 g/mol. The van der Waals surface area contributed by atoms with Crippen molar-refractivity contribution < 1.29 is 0 Å². The molecule has 7 heteroatoms. The van der Waals surface area contributed by atoms with E-state index in [4.69, 9.17) is 4.98 Å². The van der Waals surface area contributed by atoms with Gasteiger partial charge in [0.05, 0.1) is 6.20 Å². The lowest BCUT2D eigenvalue weighted by Gasteiger charge is -2.31. The van der Waals surface area contributed by atoms with Crippen LogP contribution >= 0.6 is 0 Å². The Morgan fingerprint density at radius 3 is 2.65 bits per heavy atom. The van der Waals surface area contributed by atoms with Crippen molar-refractivity contribution in [3.8, 4) is 0 Å². The molecule has 3 N–H and O–H groups in total. The lowest BCUT2D eigenvalue weighted by atomic mass is 9.90. The van der Waals surface area contributed by atoms with Crippen LogP contribution in [-0.4, -0.2) is 51.2 Å². The van der Waals surface area contributed by atoms with Gasteiger partial charge in [-0.2, -0.15) is 10.1 Å². The van der Waals surface area contributed by atoms with Gasteiger partial charge in [-0.05, 0) is 51.7 Å². The SMILES string of the molecule is CN1CCC(c2cnc(Nc3ccn[nH]3)nc2NC2CCCCC2)CC1. The Balaban J connectivity index is 1.56. The summed E-state index contributed by atoms with van der Waals surface area (Å²) in [5.41, 5.74) is 1.28. The predicted octanol–water partition coefficient (Wildman–Crippen LogP) is 3.50. The highest BCUT2D eigenvalue weighted by Crippen LogP contribution is 2.33. The molecule has 1 saturated heterocycles. The number of hydrogen-bond donors (Lipinski definition) is 3. The molecule has 0 radical (unpaired) electrons. The molecule has 0 bridgehead atoms. The summed E-state index contributed by atoms with van der Waals surface area (Å²) in [5.74, 6) is 2.98. The van der Waals surface area contributed by atoms with Gasteiger partial charge in [-0.3, -0.25) is 5.10 Å². The average Bonchev–Trinajstić information content (AvgIpc) is 3.17. The number of aromatic amines is 1. The molecule has 2 aromatic rings. The van der Waals surface area contributed by atoms with Gasteiger partial charge < -0.3 is 15.5 Å². The number of likely N-dealkylation sites (tertiary alicyclic amines) is 1. The highest BCUT2D eigenvalue weighted by molar-refractivity contribution is 5.54. The van der Waals surface area contributed by atoms with E-state index in [9.17, 15) is 0 Å². The molecule has 1 saturated carbocycles. The van der Waals surface area contributed by atoms with Gasteiger partial charge in [0.25, 0.3) is 0 Å². The van der Waals surface area contributed by atoms with Crippen LogP contribution in [0.15, 0.2) is 18.5 Å². The van der Waals surface area contributed by atoms with Crippen molar-refractivity contribution in [2.24, 2.45) is 0 Å². The zero-order valence-electron chi connectivity index (χ0n) is 15.5. The fourth-order valence-corrected chi connectivity index (χ4v) is 4.07. The van der Waals surface area contributed by atoms with Crippen LogP contribution in [0.4, 0.5) is 17.6 Å². The van der Waals surface area contributed by atoms with Crippen molar-refractivity contribution in [1.82, 2.24) is 25.1 Å². The van der Waals surface area contributed by atoms with E-state index in [0.29, 0.717) is 17.9 Å². The first-order valence-electron chi connectivity index (χ1n) is 9.86. The minimum Gasteiger partial charge on any atom is -0.367 e. The van der Waals surface area contributed by atoms with Gasteiger partial charge in [0.2, 0.25) is 5.95 Å². The quantitative estimate of drug-likeness (QED) is 0.761. The zero-order valence-corrected chi connectivity index (χ0v) is 15.5. The molecule has 3 heterocycles. The number of anilines is 3. The standard InChI is InChI=1S/C19H29N7/c1-26-11-8-14(9-12-26)16-13-20-19(23-17-7-10-21-25-17)24-18(16)22-15-5-3-2-4-6-15/h7,10,13-15H,2-6,8-9,11-12H2,1H3,(H3,20,21,22,23,24,25). The molecule has 0 amide bonds. The van der Waals surface area contributed by atoms with E-state index in [0.717, 1.165) is 24.7 Å². The third-order valence-electron chi connectivity index (χ3n) is 5.67. The largest absolute Gasteiger partial charge is 0.367 e. The van der Waals surface area contributed by atoms with E-state index < -0.39 is 0 Å². The first-order valence-corrected chi connectivity index (χ1v) is 9.86. The number of H-pyrrole nitrogens is 1. The molecule has 140 valence electrons. The summed E-state index contributed by atoms with van der Waals surface area (Å²) in [6.07, 6.45) is 12.5. The van der Waals surface area contributed by atoms with Crippen molar-refractivity contribution in [3.05, 3.63) is 24.0 Å². The van der Waals surface area contributed by atoms with E-state index >= 15 is 0 Å². The molecule has 0 aromatic carbocycles. The van der Waals surface area contributed by atoms with Crippen LogP contribution in [0, 0.1) is 0 Å². The van der Waals surface area contributed by atoms with Crippen LogP contribution in [-0.2, 0) is 0 Å². The summed E-state index contributed by atoms with van der Waals surface area (Å²) >= 11 is 0. The molecule has 4 rings (SSSR count). The number of aromatic nitrogens is 4. The van der Waals surface area contributed by atoms with Crippen LogP contribution in [0.2, 0.25) is 0 Å². The fourth-order valence-electron chi connectivity index (χ4n) is 4.07. The molecular weight excluding hydrogens is 326 g/mol. The van der Waals surface area contributed by atoms with Gasteiger partial charge in [-0.25, -0.2) is 4.98 Å². The van der Waals surface area contributed by atoms with Crippen LogP contribution in [0.3, 0.4) is 0 Å². The number of piperidine rings is 1. The normalized spacial score (nSPS) is 20.2. The molecule has 2 aromatic heterocycles. The predicted molar refractivity (Wildman–Crippen MR) is 104 cm³/mol. The number of nitrogens with zero attached hydrogens (tertiary/aromatic N) is 4. The third kappa shape index (κ3) is 4.15. The Kier molecular flexibility index (Phi) is 5.34. The molecule has 26 heavy (non-hydrogen) atoms. The smallest absolute Gasteiger partial charge is 0.230 e. The second kappa shape index (κ2) is 8.03. The maximum absolute atomic E-state index is 4.84. The van der Waals surface area contributed by atoms with Gasteiger partial charge in [-0.15, -0.1) is 0 Å². The Bertz CT molecular complexity index is 686. The van der Waals surface area contributed by atoms with Crippen LogP contribution in [0.25, 0.3) is 0 Å². The monoisotopic (exact) mass is 355 g/mol. The molecule has 0 atom stereocenters. The van der Waals surface area contributed by atoms with Gasteiger partial charge in [0, 0.05) is 23.9 Å². The van der Waals surface area contributed by atoms with Crippen molar-refractivity contribution in [2.45, 2.75) is 56.9 Å². The molecule has 0 spiro atoms. The minimum absolute atomic E-state index is 0.531. The van der Waals surface area contributed by atoms with Crippen molar-refractivity contribution in [1.29, 1.82) is 0 Å². The highest BCUT2D eigenvalue weighted by Gasteiger charge is 2.24. The number of nitrogens with one attached hydrogen (secondary N) is 3. The van der Waals surface area contributed by atoms with Gasteiger partial charge >= 0.3 is 0 Å². The highest BCUT2D eigenvalue weighted by atomic mass is 15.2. The van der Waals surface area contributed by atoms with Crippen molar-refractivity contribution in [2.75, 3.05) is 30.8 Å². The maximum atomic E-state index is 4.84.